The third kappa shape index (κ3) is 4.73. The lowest BCUT2D eigenvalue weighted by Gasteiger charge is -2.21. The number of nitrogens with one attached hydrogen (secondary N) is 1. The van der Waals surface area contributed by atoms with Gasteiger partial charge in [0.15, 0.2) is 0 Å². The Balaban J connectivity index is 2.54. The number of ether oxygens (including phenoxy) is 1. The zero-order valence-electron chi connectivity index (χ0n) is 11.0. The molecule has 0 aliphatic rings. The fourth-order valence-electron chi connectivity index (χ4n) is 1.26. The number of amides is 1. The summed E-state index contributed by atoms with van der Waals surface area (Å²) >= 11 is 1.48. The summed E-state index contributed by atoms with van der Waals surface area (Å²) in [4.78, 5) is 12.8. The molecule has 96 valence electrons. The van der Waals surface area contributed by atoms with Crippen LogP contribution in [0.2, 0.25) is 0 Å². The Labute approximate surface area is 107 Å². The molecule has 0 bridgehead atoms. The lowest BCUT2D eigenvalue weighted by Crippen LogP contribution is -2.34. The topological polar surface area (TPSA) is 51.2 Å². The highest BCUT2D eigenvalue weighted by molar-refractivity contribution is 7.05. The van der Waals surface area contributed by atoms with E-state index in [-0.39, 0.29) is 6.04 Å². The van der Waals surface area contributed by atoms with Crippen LogP contribution in [0.1, 0.15) is 51.2 Å². The van der Waals surface area contributed by atoms with Crippen molar-refractivity contribution in [3.8, 4) is 0 Å². The van der Waals surface area contributed by atoms with Crippen LogP contribution in [0.3, 0.4) is 0 Å². The molecule has 1 heterocycles. The van der Waals surface area contributed by atoms with Gasteiger partial charge in [-0.05, 0) is 51.7 Å². The fourth-order valence-corrected chi connectivity index (χ4v) is 1.99. The molecule has 0 aliphatic heterocycles. The van der Waals surface area contributed by atoms with Gasteiger partial charge in [-0.1, -0.05) is 6.92 Å². The van der Waals surface area contributed by atoms with Crippen molar-refractivity contribution < 1.29 is 9.53 Å². The molecule has 1 aromatic heterocycles. The second-order valence-electron chi connectivity index (χ2n) is 4.94. The summed E-state index contributed by atoms with van der Waals surface area (Å²) in [5.74, 6) is 0. The van der Waals surface area contributed by atoms with Crippen LogP contribution in [0, 0.1) is 0 Å². The first kappa shape index (κ1) is 14.0. The lowest BCUT2D eigenvalue weighted by atomic mass is 10.2. The van der Waals surface area contributed by atoms with Crippen LogP contribution in [0.4, 0.5) is 4.79 Å². The van der Waals surface area contributed by atoms with Gasteiger partial charge < -0.3 is 10.1 Å². The van der Waals surface area contributed by atoms with Crippen molar-refractivity contribution in [3.05, 3.63) is 16.6 Å². The van der Waals surface area contributed by atoms with Crippen LogP contribution in [0.5, 0.6) is 0 Å². The average molecular weight is 256 g/mol. The van der Waals surface area contributed by atoms with Gasteiger partial charge in [-0.25, -0.2) is 4.79 Å². The highest BCUT2D eigenvalue weighted by atomic mass is 32.1. The number of rotatable bonds is 3. The maximum Gasteiger partial charge on any atom is 0.408 e. The maximum absolute atomic E-state index is 11.6. The van der Waals surface area contributed by atoms with Gasteiger partial charge >= 0.3 is 6.09 Å². The first-order valence-electron chi connectivity index (χ1n) is 5.77. The minimum Gasteiger partial charge on any atom is -0.444 e. The first-order chi connectivity index (χ1) is 7.81. The molecule has 0 fully saturated rings. The molecule has 0 saturated heterocycles. The highest BCUT2D eigenvalue weighted by Crippen LogP contribution is 2.17. The molecule has 4 nitrogen and oxygen atoms in total. The molecule has 1 N–H and O–H groups in total. The lowest BCUT2D eigenvalue weighted by molar-refractivity contribution is 0.0507. The molecule has 0 saturated carbocycles. The zero-order chi connectivity index (χ0) is 13.1. The number of hydrogen-bond acceptors (Lipinski definition) is 4. The number of hydrogen-bond donors (Lipinski definition) is 1. The Kier molecular flexibility index (Phi) is 4.51. The van der Waals surface area contributed by atoms with Crippen molar-refractivity contribution in [1.29, 1.82) is 0 Å². The van der Waals surface area contributed by atoms with Gasteiger partial charge in [0.1, 0.15) is 5.60 Å². The Morgan fingerprint density at radius 2 is 2.24 bits per heavy atom. The normalized spacial score (nSPS) is 13.2. The van der Waals surface area contributed by atoms with Crippen molar-refractivity contribution in [1.82, 2.24) is 9.69 Å². The second-order valence-corrected chi connectivity index (χ2v) is 5.83. The highest BCUT2D eigenvalue weighted by Gasteiger charge is 2.19. The number of aromatic nitrogens is 1. The molecular formula is C12H20N2O2S. The van der Waals surface area contributed by atoms with E-state index < -0.39 is 11.7 Å². The van der Waals surface area contributed by atoms with Crippen molar-refractivity contribution in [2.75, 3.05) is 0 Å². The smallest absolute Gasteiger partial charge is 0.408 e. The first-order valence-corrected chi connectivity index (χ1v) is 6.54. The molecule has 1 aromatic rings. The Bertz CT molecular complexity index is 382. The Morgan fingerprint density at radius 1 is 1.59 bits per heavy atom. The van der Waals surface area contributed by atoms with Gasteiger partial charge in [0.25, 0.3) is 0 Å². The SMILES string of the molecule is CCc1cc(C(C)NC(=O)OC(C)(C)C)ns1. The van der Waals surface area contributed by atoms with Gasteiger partial charge in [-0.15, -0.1) is 0 Å². The predicted molar refractivity (Wildman–Crippen MR) is 69.3 cm³/mol. The Hall–Kier alpha value is -1.10. The van der Waals surface area contributed by atoms with E-state index in [9.17, 15) is 4.79 Å². The van der Waals surface area contributed by atoms with E-state index >= 15 is 0 Å². The van der Waals surface area contributed by atoms with Crippen LogP contribution in [-0.2, 0) is 11.2 Å². The molecule has 5 heteroatoms. The summed E-state index contributed by atoms with van der Waals surface area (Å²) < 4.78 is 9.50. The van der Waals surface area contributed by atoms with E-state index in [0.29, 0.717) is 0 Å². The summed E-state index contributed by atoms with van der Waals surface area (Å²) in [7, 11) is 0. The summed E-state index contributed by atoms with van der Waals surface area (Å²) in [5, 5.41) is 2.77. The van der Waals surface area contributed by atoms with Crippen LogP contribution in [0.15, 0.2) is 6.07 Å². The Morgan fingerprint density at radius 3 is 2.71 bits per heavy atom. The van der Waals surface area contributed by atoms with E-state index in [0.717, 1.165) is 12.1 Å². The maximum atomic E-state index is 11.6. The third-order valence-corrected chi connectivity index (χ3v) is 3.05. The number of alkyl carbamates (subject to hydrolysis) is 1. The molecule has 1 atom stereocenters. The zero-order valence-corrected chi connectivity index (χ0v) is 11.9. The van der Waals surface area contributed by atoms with Crippen LogP contribution in [-0.4, -0.2) is 16.1 Å². The van der Waals surface area contributed by atoms with Gasteiger partial charge in [0.2, 0.25) is 0 Å². The van der Waals surface area contributed by atoms with Crippen molar-refractivity contribution in [3.63, 3.8) is 0 Å². The van der Waals surface area contributed by atoms with Gasteiger partial charge in [-0.3, -0.25) is 0 Å². The monoisotopic (exact) mass is 256 g/mol. The number of carbonyl (C=O) groups excluding carboxylic acids is 1. The van der Waals surface area contributed by atoms with E-state index in [1.807, 2.05) is 33.8 Å². The molecule has 0 aliphatic carbocycles. The van der Waals surface area contributed by atoms with Crippen molar-refractivity contribution in [2.24, 2.45) is 0 Å². The minimum absolute atomic E-state index is 0.124. The van der Waals surface area contributed by atoms with Crippen molar-refractivity contribution >= 4 is 17.6 Å². The standard InChI is InChI=1S/C12H20N2O2S/c1-6-9-7-10(14-17-9)8(2)13-11(15)16-12(3,4)5/h7-8H,6H2,1-5H3,(H,13,15). The van der Waals surface area contributed by atoms with Gasteiger partial charge in [0.05, 0.1) is 11.7 Å². The molecule has 0 radical (unpaired) electrons. The van der Waals surface area contributed by atoms with Gasteiger partial charge in [-0.2, -0.15) is 4.37 Å². The van der Waals surface area contributed by atoms with Gasteiger partial charge in [0, 0.05) is 4.88 Å². The van der Waals surface area contributed by atoms with E-state index in [2.05, 4.69) is 16.6 Å². The molecule has 17 heavy (non-hydrogen) atoms. The average Bonchev–Trinajstić information content (AvgIpc) is 2.62. The summed E-state index contributed by atoms with van der Waals surface area (Å²) in [6.07, 6.45) is 0.563. The predicted octanol–water partition coefficient (Wildman–Crippen LogP) is 3.29. The quantitative estimate of drug-likeness (QED) is 0.902. The molecule has 1 unspecified atom stereocenters. The van der Waals surface area contributed by atoms with Crippen LogP contribution < -0.4 is 5.32 Å². The minimum atomic E-state index is -0.472. The second kappa shape index (κ2) is 5.49. The largest absolute Gasteiger partial charge is 0.444 e. The number of nitrogens with zero attached hydrogens (tertiary/aromatic N) is 1. The van der Waals surface area contributed by atoms with E-state index in [1.54, 1.807) is 0 Å². The van der Waals surface area contributed by atoms with Crippen molar-refractivity contribution in [2.45, 2.75) is 52.7 Å². The molecular weight excluding hydrogens is 236 g/mol. The number of carbonyl (C=O) groups is 1. The molecule has 0 aromatic carbocycles. The molecule has 1 amide bonds. The van der Waals surface area contributed by atoms with Crippen LogP contribution >= 0.6 is 11.5 Å². The number of aryl methyl sites for hydroxylation is 1. The molecule has 0 spiro atoms. The summed E-state index contributed by atoms with van der Waals surface area (Å²) in [6.45, 7) is 9.52. The van der Waals surface area contributed by atoms with E-state index in [4.69, 9.17) is 4.74 Å². The summed E-state index contributed by atoms with van der Waals surface area (Å²) in [5.41, 5.74) is 0.415. The molecule has 1 rings (SSSR count). The summed E-state index contributed by atoms with van der Waals surface area (Å²) in [6, 6.07) is 1.90. The van der Waals surface area contributed by atoms with E-state index in [1.165, 1.54) is 16.4 Å². The fraction of sp³-hybridized carbons (Fsp3) is 0.667. The third-order valence-electron chi connectivity index (χ3n) is 2.10. The van der Waals surface area contributed by atoms with Crippen LogP contribution in [0.25, 0.3) is 0 Å².